The normalized spacial score (nSPS) is 13.2. The Labute approximate surface area is 112 Å². The molecule has 0 aliphatic rings. The molecule has 0 saturated heterocycles. The van der Waals surface area contributed by atoms with E-state index < -0.39 is 0 Å². The first-order valence-electron chi connectivity index (χ1n) is 6.17. The van der Waals surface area contributed by atoms with Crippen LogP contribution in [0.1, 0.15) is 30.7 Å². The summed E-state index contributed by atoms with van der Waals surface area (Å²) < 4.78 is 1.19. The molecule has 0 spiro atoms. The third-order valence-electron chi connectivity index (χ3n) is 3.11. The molecule has 0 aliphatic heterocycles. The summed E-state index contributed by atoms with van der Waals surface area (Å²) in [5, 5.41) is 8.70. The number of fused-ring (bicyclic) bond motifs is 1. The van der Waals surface area contributed by atoms with Crippen molar-refractivity contribution in [2.24, 2.45) is 11.7 Å². The second-order valence-corrected chi connectivity index (χ2v) is 5.61. The highest BCUT2D eigenvalue weighted by Crippen LogP contribution is 2.29. The van der Waals surface area contributed by atoms with Gasteiger partial charge in [-0.25, -0.2) is 0 Å². The zero-order valence-electron chi connectivity index (χ0n) is 10.7. The third-order valence-corrected chi connectivity index (χ3v) is 4.24. The molecule has 2 aromatic rings. The van der Waals surface area contributed by atoms with Crippen molar-refractivity contribution < 1.29 is 0 Å². The summed E-state index contributed by atoms with van der Waals surface area (Å²) in [6.45, 7) is 4.40. The second-order valence-electron chi connectivity index (χ2n) is 4.53. The number of benzene rings is 1. The number of hydrogen-bond donors (Lipinski definition) is 2. The maximum Gasteiger partial charge on any atom is 0.133 e. The minimum atomic E-state index is 0.146. The highest BCUT2D eigenvalue weighted by atomic mass is 32.1. The van der Waals surface area contributed by atoms with Crippen molar-refractivity contribution >= 4 is 33.3 Å². The molecule has 94 valence electrons. The number of thiophene rings is 1. The number of hydrogen-bond acceptors (Lipinski definition) is 2. The first-order chi connectivity index (χ1) is 8.61. The summed E-state index contributed by atoms with van der Waals surface area (Å²) in [4.78, 5) is 0.842. The van der Waals surface area contributed by atoms with Crippen molar-refractivity contribution in [3.8, 4) is 0 Å². The van der Waals surface area contributed by atoms with E-state index in [0.29, 0.717) is 5.92 Å². The van der Waals surface area contributed by atoms with Crippen molar-refractivity contribution in [1.29, 1.82) is 5.41 Å². The number of allylic oxidation sites excluding steroid dienone is 1. The van der Waals surface area contributed by atoms with E-state index >= 15 is 0 Å². The Balaban J connectivity index is 2.44. The molecule has 0 bridgehead atoms. The van der Waals surface area contributed by atoms with Gasteiger partial charge < -0.3 is 5.73 Å². The van der Waals surface area contributed by atoms with Gasteiger partial charge in [-0.2, -0.15) is 0 Å². The molecular weight excluding hydrogens is 240 g/mol. The molecule has 0 amide bonds. The van der Waals surface area contributed by atoms with E-state index in [9.17, 15) is 0 Å². The summed E-state index contributed by atoms with van der Waals surface area (Å²) in [7, 11) is 0. The molecule has 1 aromatic carbocycles. The fraction of sp³-hybridized carbons (Fsp3) is 0.267. The maximum absolute atomic E-state index is 7.51. The first-order valence-corrected chi connectivity index (χ1v) is 6.98. The van der Waals surface area contributed by atoms with Crippen LogP contribution in [0, 0.1) is 11.3 Å². The van der Waals surface area contributed by atoms with Crippen LogP contribution in [0.2, 0.25) is 0 Å². The lowest BCUT2D eigenvalue weighted by Crippen LogP contribution is -2.08. The molecule has 0 saturated carbocycles. The molecule has 3 heteroatoms. The van der Waals surface area contributed by atoms with Crippen molar-refractivity contribution in [3.05, 3.63) is 40.8 Å². The Bertz CT molecular complexity index is 596. The second kappa shape index (κ2) is 5.36. The van der Waals surface area contributed by atoms with Crippen molar-refractivity contribution in [1.82, 2.24) is 0 Å². The Morgan fingerprint density at radius 1 is 1.50 bits per heavy atom. The van der Waals surface area contributed by atoms with E-state index in [1.165, 1.54) is 15.6 Å². The first kappa shape index (κ1) is 12.8. The molecule has 2 nitrogen and oxygen atoms in total. The molecule has 1 unspecified atom stereocenters. The van der Waals surface area contributed by atoms with Crippen LogP contribution in [0.4, 0.5) is 0 Å². The lowest BCUT2D eigenvalue weighted by atomic mass is 10.0. The van der Waals surface area contributed by atoms with Gasteiger partial charge in [0.25, 0.3) is 0 Å². The number of nitrogens with two attached hydrogens (primary N) is 1. The Morgan fingerprint density at radius 3 is 2.94 bits per heavy atom. The van der Waals surface area contributed by atoms with Gasteiger partial charge in [-0.3, -0.25) is 5.41 Å². The predicted molar refractivity (Wildman–Crippen MR) is 81.3 cm³/mol. The van der Waals surface area contributed by atoms with Gasteiger partial charge in [-0.15, -0.1) is 11.3 Å². The van der Waals surface area contributed by atoms with Crippen molar-refractivity contribution in [2.45, 2.75) is 20.3 Å². The molecule has 0 aliphatic carbocycles. The van der Waals surface area contributed by atoms with Gasteiger partial charge in [0.2, 0.25) is 0 Å². The van der Waals surface area contributed by atoms with Gasteiger partial charge in [0.1, 0.15) is 5.84 Å². The van der Waals surface area contributed by atoms with Crippen LogP contribution in [0.25, 0.3) is 16.2 Å². The number of rotatable bonds is 4. The van der Waals surface area contributed by atoms with Crippen LogP contribution >= 0.6 is 11.3 Å². The average Bonchev–Trinajstić information content (AvgIpc) is 2.80. The van der Waals surface area contributed by atoms with Gasteiger partial charge in [-0.05, 0) is 23.6 Å². The van der Waals surface area contributed by atoms with E-state index in [0.717, 1.165) is 11.3 Å². The Hall–Kier alpha value is -1.61. The van der Waals surface area contributed by atoms with E-state index in [4.69, 9.17) is 11.1 Å². The zero-order chi connectivity index (χ0) is 13.1. The van der Waals surface area contributed by atoms with Crippen molar-refractivity contribution in [2.75, 3.05) is 0 Å². The standard InChI is InChI=1S/C15H18N2S/c1-3-10(2)7-8-11-5-4-6-13-12(11)9-14(18-13)15(16)17/h4-10H,3H2,1-2H3,(H3,16,17)/b8-7+. The van der Waals surface area contributed by atoms with Crippen LogP contribution in [0.15, 0.2) is 30.3 Å². The number of nitrogens with one attached hydrogen (secondary N) is 1. The average molecular weight is 258 g/mol. The third kappa shape index (κ3) is 2.62. The smallest absolute Gasteiger partial charge is 0.133 e. The Kier molecular flexibility index (Phi) is 3.82. The molecule has 1 aromatic heterocycles. The van der Waals surface area contributed by atoms with Crippen LogP contribution in [0.3, 0.4) is 0 Å². The minimum absolute atomic E-state index is 0.146. The number of nitrogen functional groups attached to an aromatic ring is 1. The molecule has 0 radical (unpaired) electrons. The minimum Gasteiger partial charge on any atom is -0.383 e. The molecule has 1 atom stereocenters. The molecule has 0 fully saturated rings. The quantitative estimate of drug-likeness (QED) is 0.625. The number of amidine groups is 1. The van der Waals surface area contributed by atoms with Crippen LogP contribution in [0.5, 0.6) is 0 Å². The fourth-order valence-corrected chi connectivity index (χ4v) is 2.72. The van der Waals surface area contributed by atoms with Crippen LogP contribution in [-0.2, 0) is 0 Å². The van der Waals surface area contributed by atoms with Gasteiger partial charge >= 0.3 is 0 Å². The molecule has 3 N–H and O–H groups in total. The van der Waals surface area contributed by atoms with E-state index in [1.54, 1.807) is 11.3 Å². The van der Waals surface area contributed by atoms with E-state index in [1.807, 2.05) is 6.07 Å². The van der Waals surface area contributed by atoms with Gasteiger partial charge in [0.15, 0.2) is 0 Å². The molecule has 1 heterocycles. The molecule has 18 heavy (non-hydrogen) atoms. The van der Waals surface area contributed by atoms with Crippen LogP contribution < -0.4 is 5.73 Å². The summed E-state index contributed by atoms with van der Waals surface area (Å²) in [5.41, 5.74) is 6.75. The van der Waals surface area contributed by atoms with E-state index in [-0.39, 0.29) is 5.84 Å². The topological polar surface area (TPSA) is 49.9 Å². The zero-order valence-corrected chi connectivity index (χ0v) is 11.6. The summed E-state index contributed by atoms with van der Waals surface area (Å²) in [6.07, 6.45) is 5.56. The highest BCUT2D eigenvalue weighted by molar-refractivity contribution is 7.20. The predicted octanol–water partition coefficient (Wildman–Crippen LogP) is 4.24. The van der Waals surface area contributed by atoms with E-state index in [2.05, 4.69) is 44.2 Å². The molecular formula is C15H18N2S. The Morgan fingerprint density at radius 2 is 2.28 bits per heavy atom. The summed E-state index contributed by atoms with van der Waals surface area (Å²) in [6, 6.07) is 8.25. The summed E-state index contributed by atoms with van der Waals surface area (Å²) in [5.74, 6) is 0.735. The van der Waals surface area contributed by atoms with Gasteiger partial charge in [-0.1, -0.05) is 44.6 Å². The van der Waals surface area contributed by atoms with Crippen molar-refractivity contribution in [3.63, 3.8) is 0 Å². The SMILES string of the molecule is CCC(C)/C=C/c1cccc2sc(C(=N)N)cc12. The largest absolute Gasteiger partial charge is 0.383 e. The lowest BCUT2D eigenvalue weighted by molar-refractivity contribution is 0.701. The van der Waals surface area contributed by atoms with Crippen LogP contribution in [-0.4, -0.2) is 5.84 Å². The molecule has 2 rings (SSSR count). The maximum atomic E-state index is 7.51. The highest BCUT2D eigenvalue weighted by Gasteiger charge is 2.06. The monoisotopic (exact) mass is 258 g/mol. The van der Waals surface area contributed by atoms with Gasteiger partial charge in [0, 0.05) is 10.1 Å². The van der Waals surface area contributed by atoms with Gasteiger partial charge in [0.05, 0.1) is 4.88 Å². The fourth-order valence-electron chi connectivity index (χ4n) is 1.77. The lowest BCUT2D eigenvalue weighted by Gasteiger charge is -2.00. The summed E-state index contributed by atoms with van der Waals surface area (Å²) >= 11 is 1.58.